The number of nitrogens with one attached hydrogen (secondary N) is 2. The Kier molecular flexibility index (Phi) is 5.93. The van der Waals surface area contributed by atoms with E-state index in [2.05, 4.69) is 17.1 Å². The number of nitrogens with zero attached hydrogens (tertiary/aromatic N) is 1. The van der Waals surface area contributed by atoms with Crippen LogP contribution in [0, 0.1) is 0 Å². The first-order chi connectivity index (χ1) is 8.90. The maximum Gasteiger partial charge on any atom is 0.253 e. The van der Waals surface area contributed by atoms with Gasteiger partial charge in [0.05, 0.1) is 4.90 Å². The highest BCUT2D eigenvalue weighted by molar-refractivity contribution is 7.89. The molecule has 108 valence electrons. The van der Waals surface area contributed by atoms with Gasteiger partial charge in [0.25, 0.3) is 10.0 Å². The van der Waals surface area contributed by atoms with Crippen LogP contribution in [0.1, 0.15) is 25.0 Å². The Balaban J connectivity index is 3.10. The molecule has 0 aliphatic carbocycles. The minimum absolute atomic E-state index is 0.298. The second-order valence-electron chi connectivity index (χ2n) is 4.55. The zero-order chi connectivity index (χ0) is 14.5. The van der Waals surface area contributed by atoms with E-state index in [0.29, 0.717) is 11.4 Å². The molecule has 0 heterocycles. The van der Waals surface area contributed by atoms with Gasteiger partial charge in [-0.05, 0) is 36.2 Å². The van der Waals surface area contributed by atoms with Crippen molar-refractivity contribution in [1.82, 2.24) is 15.2 Å². The van der Waals surface area contributed by atoms with E-state index in [0.717, 1.165) is 18.5 Å². The van der Waals surface area contributed by atoms with Gasteiger partial charge >= 0.3 is 0 Å². The van der Waals surface area contributed by atoms with Crippen molar-refractivity contribution in [3.8, 4) is 0 Å². The number of benzene rings is 1. The number of hydrogen-bond donors (Lipinski definition) is 2. The van der Waals surface area contributed by atoms with E-state index in [1.807, 2.05) is 13.0 Å². The summed E-state index contributed by atoms with van der Waals surface area (Å²) in [6, 6.07) is 5.28. The molecule has 6 heteroatoms. The fraction of sp³-hybridized carbons (Fsp3) is 0.538. The molecule has 0 amide bonds. The third-order valence-corrected chi connectivity index (χ3v) is 4.22. The van der Waals surface area contributed by atoms with Crippen LogP contribution in [0.3, 0.4) is 0 Å². The van der Waals surface area contributed by atoms with Gasteiger partial charge < -0.3 is 5.32 Å². The van der Waals surface area contributed by atoms with Gasteiger partial charge in [0.1, 0.15) is 0 Å². The van der Waals surface area contributed by atoms with Gasteiger partial charge in [0.15, 0.2) is 0 Å². The third kappa shape index (κ3) is 4.58. The zero-order valence-corrected chi connectivity index (χ0v) is 12.8. The monoisotopic (exact) mass is 285 g/mol. The fourth-order valence-electron chi connectivity index (χ4n) is 1.83. The third-order valence-electron chi connectivity index (χ3n) is 2.74. The number of hydrogen-bond acceptors (Lipinski definition) is 4. The van der Waals surface area contributed by atoms with Gasteiger partial charge in [0, 0.05) is 20.6 Å². The van der Waals surface area contributed by atoms with Crippen LogP contribution >= 0.6 is 0 Å². The first-order valence-electron chi connectivity index (χ1n) is 6.43. The van der Waals surface area contributed by atoms with Crippen molar-refractivity contribution < 1.29 is 8.42 Å². The van der Waals surface area contributed by atoms with Crippen molar-refractivity contribution in [1.29, 1.82) is 0 Å². The second kappa shape index (κ2) is 7.00. The molecule has 0 unspecified atom stereocenters. The number of rotatable bonds is 7. The predicted molar refractivity (Wildman–Crippen MR) is 77.2 cm³/mol. The lowest BCUT2D eigenvalue weighted by Gasteiger charge is -2.15. The van der Waals surface area contributed by atoms with E-state index in [9.17, 15) is 8.42 Å². The van der Waals surface area contributed by atoms with E-state index in [1.54, 1.807) is 26.2 Å². The SMILES string of the molecule is CCNCc1cc(S(=O)(=O)NN(C)C)ccc1CC. The van der Waals surface area contributed by atoms with Crippen LogP contribution < -0.4 is 10.1 Å². The predicted octanol–water partition coefficient (Wildman–Crippen LogP) is 1.11. The van der Waals surface area contributed by atoms with Crippen molar-refractivity contribution in [2.45, 2.75) is 31.7 Å². The van der Waals surface area contributed by atoms with Crippen LogP contribution in [-0.2, 0) is 23.0 Å². The highest BCUT2D eigenvalue weighted by Gasteiger charge is 2.16. The standard InChI is InChI=1S/C13H23N3O2S/c1-5-11-7-8-13(9-12(11)10-14-6-2)19(17,18)15-16(3)4/h7-9,14-15H,5-6,10H2,1-4H3. The van der Waals surface area contributed by atoms with Gasteiger partial charge in [0.2, 0.25) is 0 Å². The molecule has 0 fully saturated rings. The Labute approximate surface area is 116 Å². The first kappa shape index (κ1) is 16.1. The maximum atomic E-state index is 12.1. The van der Waals surface area contributed by atoms with Gasteiger partial charge in [-0.2, -0.15) is 0 Å². The summed E-state index contributed by atoms with van der Waals surface area (Å²) in [5.74, 6) is 0. The summed E-state index contributed by atoms with van der Waals surface area (Å²) in [5.41, 5.74) is 2.20. The zero-order valence-electron chi connectivity index (χ0n) is 12.0. The molecule has 0 aliphatic rings. The molecule has 1 rings (SSSR count). The Morgan fingerprint density at radius 3 is 2.37 bits per heavy atom. The van der Waals surface area contributed by atoms with Crippen LogP contribution in [-0.4, -0.2) is 34.1 Å². The Morgan fingerprint density at radius 1 is 1.16 bits per heavy atom. The van der Waals surface area contributed by atoms with Gasteiger partial charge in [-0.25, -0.2) is 13.4 Å². The van der Waals surface area contributed by atoms with Crippen LogP contribution in [0.2, 0.25) is 0 Å². The summed E-state index contributed by atoms with van der Waals surface area (Å²) in [5, 5.41) is 4.66. The molecule has 0 spiro atoms. The Hall–Kier alpha value is -0.950. The molecule has 0 aliphatic heterocycles. The molecule has 0 atom stereocenters. The molecule has 5 nitrogen and oxygen atoms in total. The molecule has 19 heavy (non-hydrogen) atoms. The van der Waals surface area contributed by atoms with Crippen LogP contribution in [0.4, 0.5) is 0 Å². The smallest absolute Gasteiger partial charge is 0.253 e. The minimum Gasteiger partial charge on any atom is -0.313 e. The lowest BCUT2D eigenvalue weighted by Crippen LogP contribution is -2.36. The Bertz CT molecular complexity index is 513. The molecule has 2 N–H and O–H groups in total. The summed E-state index contributed by atoms with van der Waals surface area (Å²) in [7, 11) is -0.183. The van der Waals surface area contributed by atoms with Crippen LogP contribution in [0.15, 0.2) is 23.1 Å². The van der Waals surface area contributed by atoms with E-state index < -0.39 is 10.0 Å². The van der Waals surface area contributed by atoms with Gasteiger partial charge in [-0.1, -0.05) is 19.9 Å². The largest absolute Gasteiger partial charge is 0.313 e. The molecule has 0 saturated heterocycles. The lowest BCUT2D eigenvalue weighted by atomic mass is 10.1. The number of hydrazine groups is 1. The van der Waals surface area contributed by atoms with Crippen LogP contribution in [0.25, 0.3) is 0 Å². The molecule has 1 aromatic carbocycles. The minimum atomic E-state index is -3.48. The van der Waals surface area contributed by atoms with E-state index in [-0.39, 0.29) is 0 Å². The Morgan fingerprint density at radius 2 is 1.84 bits per heavy atom. The summed E-state index contributed by atoms with van der Waals surface area (Å²) >= 11 is 0. The van der Waals surface area contributed by atoms with Gasteiger partial charge in [-0.15, -0.1) is 4.83 Å². The normalized spacial score (nSPS) is 12.1. The van der Waals surface area contributed by atoms with Crippen molar-refractivity contribution in [2.24, 2.45) is 0 Å². The van der Waals surface area contributed by atoms with Crippen molar-refractivity contribution in [3.63, 3.8) is 0 Å². The number of sulfonamides is 1. The molecule has 0 bridgehead atoms. The maximum absolute atomic E-state index is 12.1. The van der Waals surface area contributed by atoms with E-state index in [1.165, 1.54) is 10.6 Å². The van der Waals surface area contributed by atoms with Crippen LogP contribution in [0.5, 0.6) is 0 Å². The fourth-order valence-corrected chi connectivity index (χ4v) is 2.96. The first-order valence-corrected chi connectivity index (χ1v) is 7.91. The molecular formula is C13H23N3O2S. The van der Waals surface area contributed by atoms with E-state index >= 15 is 0 Å². The molecular weight excluding hydrogens is 262 g/mol. The molecule has 0 radical (unpaired) electrons. The summed E-state index contributed by atoms with van der Waals surface area (Å²) in [6.07, 6.45) is 0.891. The highest BCUT2D eigenvalue weighted by Crippen LogP contribution is 2.17. The van der Waals surface area contributed by atoms with Crippen molar-refractivity contribution in [3.05, 3.63) is 29.3 Å². The summed E-state index contributed by atoms with van der Waals surface area (Å²) in [4.78, 5) is 2.74. The van der Waals surface area contributed by atoms with E-state index in [4.69, 9.17) is 0 Å². The quantitative estimate of drug-likeness (QED) is 0.737. The molecule has 0 saturated carbocycles. The summed E-state index contributed by atoms with van der Waals surface area (Å²) in [6.45, 7) is 5.64. The average molecular weight is 285 g/mol. The second-order valence-corrected chi connectivity index (χ2v) is 6.21. The highest BCUT2D eigenvalue weighted by atomic mass is 32.2. The topological polar surface area (TPSA) is 61.4 Å². The van der Waals surface area contributed by atoms with Gasteiger partial charge in [-0.3, -0.25) is 0 Å². The summed E-state index contributed by atoms with van der Waals surface area (Å²) < 4.78 is 24.2. The van der Waals surface area contributed by atoms with Crippen molar-refractivity contribution >= 4 is 10.0 Å². The average Bonchev–Trinajstić information content (AvgIpc) is 2.34. The lowest BCUT2D eigenvalue weighted by molar-refractivity contribution is 0.364. The van der Waals surface area contributed by atoms with Crippen molar-refractivity contribution in [2.75, 3.05) is 20.6 Å². The molecule has 0 aromatic heterocycles. The number of aryl methyl sites for hydroxylation is 1. The molecule has 1 aromatic rings.